The fourth-order valence-electron chi connectivity index (χ4n) is 5.68. The second-order valence-electron chi connectivity index (χ2n) is 10.3. The predicted molar refractivity (Wildman–Crippen MR) is 142 cm³/mol. The van der Waals surface area contributed by atoms with Gasteiger partial charge in [0.25, 0.3) is 0 Å². The number of pyridine rings is 1. The fraction of sp³-hybridized carbons (Fsp3) is 0.467. The standard InChI is InChI=1S/C30H36F2N2O4/c1-38-23-9-10-27-25(18-23)24(12-14-33-27)28(35)11-8-20-13-16-34(19-22(20)17-29(36)37)15-3-2-5-21-6-4-7-26(31)30(21)32/h4,6-7,9-10,12,14,18,20,22,28,35H,2-3,5,8,11,13,15-17,19H2,1H3,(H,36,37)/t20-,22+,28-/m1/s1. The summed E-state index contributed by atoms with van der Waals surface area (Å²) in [5, 5.41) is 21.4. The molecule has 1 fully saturated rings. The molecule has 2 aromatic carbocycles. The Balaban J connectivity index is 1.31. The van der Waals surface area contributed by atoms with E-state index in [0.717, 1.165) is 61.3 Å². The summed E-state index contributed by atoms with van der Waals surface area (Å²) in [4.78, 5) is 18.3. The summed E-state index contributed by atoms with van der Waals surface area (Å²) in [7, 11) is 1.60. The van der Waals surface area contributed by atoms with Crippen LogP contribution in [0.3, 0.4) is 0 Å². The summed E-state index contributed by atoms with van der Waals surface area (Å²) in [6.07, 6.45) is 5.30. The highest BCUT2D eigenvalue weighted by Crippen LogP contribution is 2.35. The van der Waals surface area contributed by atoms with Crippen molar-refractivity contribution in [3.63, 3.8) is 0 Å². The molecular weight excluding hydrogens is 490 g/mol. The van der Waals surface area contributed by atoms with Gasteiger partial charge >= 0.3 is 5.97 Å². The Morgan fingerprint density at radius 2 is 2.03 bits per heavy atom. The van der Waals surface area contributed by atoms with Crippen LogP contribution in [0.4, 0.5) is 8.78 Å². The van der Waals surface area contributed by atoms with Gasteiger partial charge in [0.05, 0.1) is 18.7 Å². The van der Waals surface area contributed by atoms with E-state index in [4.69, 9.17) is 4.74 Å². The summed E-state index contributed by atoms with van der Waals surface area (Å²) >= 11 is 0. The Kier molecular flexibility index (Phi) is 9.63. The van der Waals surface area contributed by atoms with Crippen LogP contribution in [0.25, 0.3) is 10.9 Å². The number of methoxy groups -OCH3 is 1. The number of nitrogens with zero attached hydrogens (tertiary/aromatic N) is 2. The molecule has 38 heavy (non-hydrogen) atoms. The number of unbranched alkanes of at least 4 members (excludes halogenated alkanes) is 1. The van der Waals surface area contributed by atoms with Crippen molar-refractivity contribution in [2.75, 3.05) is 26.7 Å². The lowest BCUT2D eigenvalue weighted by Crippen LogP contribution is -2.41. The van der Waals surface area contributed by atoms with E-state index in [0.29, 0.717) is 30.7 Å². The number of piperidine rings is 1. The molecule has 2 N–H and O–H groups in total. The monoisotopic (exact) mass is 526 g/mol. The quantitative estimate of drug-likeness (QED) is 0.292. The minimum absolute atomic E-state index is 0.00314. The van der Waals surface area contributed by atoms with Gasteiger partial charge < -0.3 is 19.8 Å². The van der Waals surface area contributed by atoms with Gasteiger partial charge in [0.1, 0.15) is 5.75 Å². The topological polar surface area (TPSA) is 82.9 Å². The molecule has 0 unspecified atom stereocenters. The van der Waals surface area contributed by atoms with Crippen LogP contribution < -0.4 is 4.74 Å². The van der Waals surface area contributed by atoms with Crippen LogP contribution >= 0.6 is 0 Å². The van der Waals surface area contributed by atoms with Crippen LogP contribution in [-0.2, 0) is 11.2 Å². The number of aliphatic carboxylic acids is 1. The Labute approximate surface area is 222 Å². The summed E-state index contributed by atoms with van der Waals surface area (Å²) in [6, 6.07) is 11.7. The van der Waals surface area contributed by atoms with Crippen LogP contribution in [0.2, 0.25) is 0 Å². The highest BCUT2D eigenvalue weighted by molar-refractivity contribution is 5.83. The highest BCUT2D eigenvalue weighted by Gasteiger charge is 2.31. The molecule has 204 valence electrons. The maximum Gasteiger partial charge on any atom is 0.303 e. The number of halogens is 2. The zero-order valence-electron chi connectivity index (χ0n) is 21.8. The van der Waals surface area contributed by atoms with Crippen molar-refractivity contribution in [2.45, 2.75) is 51.0 Å². The number of ether oxygens (including phenoxy) is 1. The minimum Gasteiger partial charge on any atom is -0.497 e. The largest absolute Gasteiger partial charge is 0.497 e. The van der Waals surface area contributed by atoms with Crippen LogP contribution in [0.1, 0.15) is 55.8 Å². The van der Waals surface area contributed by atoms with Crippen molar-refractivity contribution >= 4 is 16.9 Å². The molecule has 2 heterocycles. The van der Waals surface area contributed by atoms with Crippen molar-refractivity contribution in [1.29, 1.82) is 0 Å². The zero-order valence-corrected chi connectivity index (χ0v) is 21.8. The smallest absolute Gasteiger partial charge is 0.303 e. The molecule has 3 atom stereocenters. The molecule has 0 spiro atoms. The van der Waals surface area contributed by atoms with E-state index in [-0.39, 0.29) is 18.3 Å². The van der Waals surface area contributed by atoms with E-state index in [1.807, 2.05) is 24.3 Å². The number of carbonyl (C=O) groups is 1. The van der Waals surface area contributed by atoms with Gasteiger partial charge in [0.15, 0.2) is 11.6 Å². The molecule has 1 saturated heterocycles. The Hall–Kier alpha value is -3.10. The molecule has 0 aliphatic carbocycles. The number of aromatic nitrogens is 1. The summed E-state index contributed by atoms with van der Waals surface area (Å²) < 4.78 is 32.6. The molecule has 0 radical (unpaired) electrons. The van der Waals surface area contributed by atoms with E-state index < -0.39 is 23.7 Å². The molecule has 1 aliphatic rings. The number of aliphatic hydroxyl groups is 1. The van der Waals surface area contributed by atoms with Crippen molar-refractivity contribution < 1.29 is 28.5 Å². The first-order chi connectivity index (χ1) is 18.4. The van der Waals surface area contributed by atoms with Crippen molar-refractivity contribution in [3.05, 3.63) is 71.4 Å². The lowest BCUT2D eigenvalue weighted by molar-refractivity contribution is -0.139. The average molecular weight is 527 g/mol. The lowest BCUT2D eigenvalue weighted by Gasteiger charge is -2.38. The van der Waals surface area contributed by atoms with Gasteiger partial charge in [-0.1, -0.05) is 12.1 Å². The Bertz CT molecular complexity index is 1240. The molecule has 8 heteroatoms. The van der Waals surface area contributed by atoms with Crippen LogP contribution in [0.15, 0.2) is 48.7 Å². The van der Waals surface area contributed by atoms with E-state index in [9.17, 15) is 23.8 Å². The number of rotatable bonds is 12. The zero-order chi connectivity index (χ0) is 27.1. The first kappa shape index (κ1) is 27.9. The van der Waals surface area contributed by atoms with Gasteiger partial charge in [-0.15, -0.1) is 0 Å². The molecule has 6 nitrogen and oxygen atoms in total. The van der Waals surface area contributed by atoms with Gasteiger partial charge in [-0.2, -0.15) is 0 Å². The van der Waals surface area contributed by atoms with Gasteiger partial charge in [0, 0.05) is 24.5 Å². The molecule has 0 bridgehead atoms. The van der Waals surface area contributed by atoms with E-state index >= 15 is 0 Å². The number of benzene rings is 2. The molecule has 1 aromatic heterocycles. The first-order valence-electron chi connectivity index (χ1n) is 13.3. The number of likely N-dealkylation sites (tertiary alicyclic amines) is 1. The molecule has 1 aliphatic heterocycles. The van der Waals surface area contributed by atoms with Crippen molar-refractivity contribution in [3.8, 4) is 5.75 Å². The summed E-state index contributed by atoms with van der Waals surface area (Å²) in [5.41, 5.74) is 1.99. The summed E-state index contributed by atoms with van der Waals surface area (Å²) in [6.45, 7) is 2.35. The van der Waals surface area contributed by atoms with Gasteiger partial charge in [-0.25, -0.2) is 8.78 Å². The van der Waals surface area contributed by atoms with Gasteiger partial charge in [-0.3, -0.25) is 9.78 Å². The second-order valence-corrected chi connectivity index (χ2v) is 10.3. The Morgan fingerprint density at radius 3 is 2.82 bits per heavy atom. The van der Waals surface area contributed by atoms with Crippen LogP contribution in [0, 0.1) is 23.5 Å². The molecule has 0 saturated carbocycles. The molecular formula is C30H36F2N2O4. The molecule has 4 rings (SSSR count). The van der Waals surface area contributed by atoms with E-state index in [2.05, 4.69) is 9.88 Å². The number of hydrogen-bond acceptors (Lipinski definition) is 5. The number of carboxylic acid groups (broad SMARTS) is 1. The third-order valence-electron chi connectivity index (χ3n) is 7.77. The minimum atomic E-state index is -0.817. The fourth-order valence-corrected chi connectivity index (χ4v) is 5.68. The number of aryl methyl sites for hydroxylation is 1. The number of aliphatic hydroxyl groups excluding tert-OH is 1. The van der Waals surface area contributed by atoms with Crippen LogP contribution in [0.5, 0.6) is 5.75 Å². The number of hydrogen-bond donors (Lipinski definition) is 2. The highest BCUT2D eigenvalue weighted by atomic mass is 19.2. The van der Waals surface area contributed by atoms with Crippen LogP contribution in [-0.4, -0.2) is 52.8 Å². The third kappa shape index (κ3) is 7.05. The van der Waals surface area contributed by atoms with E-state index in [1.165, 1.54) is 6.07 Å². The third-order valence-corrected chi connectivity index (χ3v) is 7.77. The molecule has 0 amide bonds. The first-order valence-corrected chi connectivity index (χ1v) is 13.3. The molecule has 3 aromatic rings. The summed E-state index contributed by atoms with van der Waals surface area (Å²) in [5.74, 6) is -1.48. The van der Waals surface area contributed by atoms with Gasteiger partial charge in [-0.05, 0) is 105 Å². The predicted octanol–water partition coefficient (Wildman–Crippen LogP) is 5.77. The lowest BCUT2D eigenvalue weighted by atomic mass is 9.79. The average Bonchev–Trinajstić information content (AvgIpc) is 2.91. The second kappa shape index (κ2) is 13.1. The normalized spacial score (nSPS) is 18.9. The van der Waals surface area contributed by atoms with Crippen molar-refractivity contribution in [2.24, 2.45) is 11.8 Å². The van der Waals surface area contributed by atoms with E-state index in [1.54, 1.807) is 19.4 Å². The number of fused-ring (bicyclic) bond motifs is 1. The Morgan fingerprint density at radius 1 is 1.18 bits per heavy atom. The maximum atomic E-state index is 13.9. The van der Waals surface area contributed by atoms with Crippen molar-refractivity contribution in [1.82, 2.24) is 9.88 Å². The van der Waals surface area contributed by atoms with Gasteiger partial charge in [0.2, 0.25) is 0 Å². The SMILES string of the molecule is COc1ccc2nccc([C@H](O)CC[C@@H]3CCN(CCCCc4cccc(F)c4F)C[C@@H]3CC(=O)O)c2c1. The maximum absolute atomic E-state index is 13.9. The number of carboxylic acids is 1.